The van der Waals surface area contributed by atoms with Crippen molar-refractivity contribution in [2.24, 2.45) is 0 Å². The van der Waals surface area contributed by atoms with Crippen molar-refractivity contribution in [3.63, 3.8) is 0 Å². The second-order valence-electron chi connectivity index (χ2n) is 6.99. The van der Waals surface area contributed by atoms with E-state index in [-0.39, 0.29) is 23.4 Å². The molecular weight excluding hydrogens is 378 g/mol. The second-order valence-corrected chi connectivity index (χ2v) is 6.99. The summed E-state index contributed by atoms with van der Waals surface area (Å²) < 4.78 is 29.6. The molecule has 1 atom stereocenters. The lowest BCUT2D eigenvalue weighted by Crippen LogP contribution is -2.29. The average molecular weight is 394 g/mol. The SMILES string of the molecule is CN(C(=O)c1ccc2cccn2c1)[C@H]1C/C1=C/c1cc(C(F)F)nc2ncnn12. The number of nitrogens with zero attached hydrogens (tertiary/aromatic N) is 6. The van der Waals surface area contributed by atoms with Gasteiger partial charge in [-0.2, -0.15) is 14.6 Å². The molecule has 0 aliphatic heterocycles. The van der Waals surface area contributed by atoms with Crippen molar-refractivity contribution in [3.05, 3.63) is 71.6 Å². The molecule has 4 aromatic rings. The Balaban J connectivity index is 1.41. The summed E-state index contributed by atoms with van der Waals surface area (Å²) in [7, 11) is 1.75. The largest absolute Gasteiger partial charge is 0.335 e. The number of rotatable bonds is 4. The number of fused-ring (bicyclic) bond motifs is 2. The molecule has 0 saturated heterocycles. The maximum Gasteiger partial charge on any atom is 0.280 e. The van der Waals surface area contributed by atoms with Crippen LogP contribution in [0.3, 0.4) is 0 Å². The van der Waals surface area contributed by atoms with Crippen molar-refractivity contribution >= 4 is 23.3 Å². The number of hydrogen-bond acceptors (Lipinski definition) is 4. The Hall–Kier alpha value is -3.62. The van der Waals surface area contributed by atoms with Crippen LogP contribution in [-0.4, -0.2) is 47.9 Å². The number of hydrogen-bond donors (Lipinski definition) is 0. The van der Waals surface area contributed by atoms with Crippen LogP contribution in [-0.2, 0) is 0 Å². The molecule has 4 aromatic heterocycles. The van der Waals surface area contributed by atoms with E-state index >= 15 is 0 Å². The Kier molecular flexibility index (Phi) is 3.90. The van der Waals surface area contributed by atoms with E-state index in [2.05, 4.69) is 15.1 Å². The van der Waals surface area contributed by atoms with Crippen LogP contribution < -0.4 is 0 Å². The second kappa shape index (κ2) is 6.47. The number of pyridine rings is 1. The van der Waals surface area contributed by atoms with Gasteiger partial charge in [0.1, 0.15) is 12.0 Å². The first-order chi connectivity index (χ1) is 14.0. The molecule has 1 aliphatic carbocycles. The molecule has 0 unspecified atom stereocenters. The van der Waals surface area contributed by atoms with E-state index in [4.69, 9.17) is 0 Å². The monoisotopic (exact) mass is 394 g/mol. The van der Waals surface area contributed by atoms with Gasteiger partial charge in [0.15, 0.2) is 0 Å². The minimum Gasteiger partial charge on any atom is -0.335 e. The predicted octanol–water partition coefficient (Wildman–Crippen LogP) is 3.24. The van der Waals surface area contributed by atoms with Crippen molar-refractivity contribution in [2.45, 2.75) is 18.9 Å². The zero-order chi connectivity index (χ0) is 20.1. The lowest BCUT2D eigenvalue weighted by atomic mass is 10.2. The maximum absolute atomic E-state index is 13.1. The van der Waals surface area contributed by atoms with Gasteiger partial charge in [0.25, 0.3) is 18.1 Å². The number of likely N-dealkylation sites (N-methyl/N-ethyl adjacent to an activating group) is 1. The average Bonchev–Trinajstić information content (AvgIpc) is 3.11. The molecule has 4 heterocycles. The fourth-order valence-corrected chi connectivity index (χ4v) is 3.47. The van der Waals surface area contributed by atoms with E-state index in [0.717, 1.165) is 11.1 Å². The smallest absolute Gasteiger partial charge is 0.280 e. The summed E-state index contributed by atoms with van der Waals surface area (Å²) in [5.74, 6) is 0.0270. The summed E-state index contributed by atoms with van der Waals surface area (Å²) in [5, 5.41) is 4.05. The molecule has 1 amide bonds. The Morgan fingerprint density at radius 1 is 1.34 bits per heavy atom. The van der Waals surface area contributed by atoms with Gasteiger partial charge in [-0.05, 0) is 48.4 Å². The molecule has 1 saturated carbocycles. The van der Waals surface area contributed by atoms with Gasteiger partial charge in [0, 0.05) is 25.0 Å². The van der Waals surface area contributed by atoms with Crippen LogP contribution in [0.1, 0.15) is 34.6 Å². The Bertz CT molecular complexity index is 1270. The van der Waals surface area contributed by atoms with Gasteiger partial charge in [0.2, 0.25) is 0 Å². The fraction of sp³-hybridized carbons (Fsp3) is 0.200. The van der Waals surface area contributed by atoms with Gasteiger partial charge in [0.05, 0.1) is 17.3 Å². The maximum atomic E-state index is 13.1. The zero-order valence-corrected chi connectivity index (χ0v) is 15.4. The number of alkyl halides is 2. The zero-order valence-electron chi connectivity index (χ0n) is 15.4. The summed E-state index contributed by atoms with van der Waals surface area (Å²) in [5.41, 5.74) is 2.69. The third kappa shape index (κ3) is 3.04. The highest BCUT2D eigenvalue weighted by Gasteiger charge is 2.36. The van der Waals surface area contributed by atoms with Crippen molar-refractivity contribution in [3.8, 4) is 0 Å². The fourth-order valence-electron chi connectivity index (χ4n) is 3.47. The molecule has 1 aliphatic rings. The van der Waals surface area contributed by atoms with Gasteiger partial charge in [-0.1, -0.05) is 0 Å². The van der Waals surface area contributed by atoms with Gasteiger partial charge >= 0.3 is 0 Å². The van der Waals surface area contributed by atoms with Crippen LogP contribution in [0.2, 0.25) is 0 Å². The number of aromatic nitrogens is 5. The van der Waals surface area contributed by atoms with E-state index < -0.39 is 6.43 Å². The molecule has 9 heteroatoms. The molecule has 1 fully saturated rings. The predicted molar refractivity (Wildman–Crippen MR) is 102 cm³/mol. The third-order valence-electron chi connectivity index (χ3n) is 5.11. The van der Waals surface area contributed by atoms with Gasteiger partial charge in [-0.3, -0.25) is 4.79 Å². The van der Waals surface area contributed by atoms with Crippen molar-refractivity contribution in [1.29, 1.82) is 0 Å². The minimum atomic E-state index is -2.70. The molecule has 146 valence electrons. The topological polar surface area (TPSA) is 67.8 Å². The molecule has 7 nitrogen and oxygen atoms in total. The first kappa shape index (κ1) is 17.5. The minimum absolute atomic E-state index is 0.0791. The van der Waals surface area contributed by atoms with Crippen molar-refractivity contribution in [2.75, 3.05) is 7.05 Å². The van der Waals surface area contributed by atoms with Crippen LogP contribution in [0.4, 0.5) is 8.78 Å². The number of halogens is 2. The highest BCUT2D eigenvalue weighted by Crippen LogP contribution is 2.37. The van der Waals surface area contributed by atoms with Crippen LogP contribution in [0.5, 0.6) is 0 Å². The number of amides is 1. The van der Waals surface area contributed by atoms with Gasteiger partial charge < -0.3 is 9.30 Å². The molecule has 0 bridgehead atoms. The van der Waals surface area contributed by atoms with Crippen LogP contribution >= 0.6 is 0 Å². The summed E-state index contributed by atoms with van der Waals surface area (Å²) in [6, 6.07) is 8.81. The van der Waals surface area contributed by atoms with E-state index in [1.165, 1.54) is 16.9 Å². The highest BCUT2D eigenvalue weighted by atomic mass is 19.3. The van der Waals surface area contributed by atoms with E-state index in [1.54, 1.807) is 30.3 Å². The molecule has 0 aromatic carbocycles. The van der Waals surface area contributed by atoms with E-state index in [1.807, 2.05) is 28.8 Å². The number of carbonyl (C=O) groups is 1. The van der Waals surface area contributed by atoms with Crippen molar-refractivity contribution < 1.29 is 13.6 Å². The summed E-state index contributed by atoms with van der Waals surface area (Å²) in [6.45, 7) is 0. The summed E-state index contributed by atoms with van der Waals surface area (Å²) >= 11 is 0. The molecule has 0 N–H and O–H groups in total. The molecule has 29 heavy (non-hydrogen) atoms. The lowest BCUT2D eigenvalue weighted by molar-refractivity contribution is 0.0789. The van der Waals surface area contributed by atoms with E-state index in [9.17, 15) is 13.6 Å². The molecular formula is C20H16F2N6O. The van der Waals surface area contributed by atoms with Crippen LogP contribution in [0.25, 0.3) is 17.4 Å². The van der Waals surface area contributed by atoms with Crippen molar-refractivity contribution in [1.82, 2.24) is 28.9 Å². The quantitative estimate of drug-likeness (QED) is 0.533. The van der Waals surface area contributed by atoms with Gasteiger partial charge in [-0.25, -0.2) is 13.8 Å². The Morgan fingerprint density at radius 2 is 2.21 bits per heavy atom. The Labute approximate surface area is 163 Å². The molecule has 5 rings (SSSR count). The molecule has 0 radical (unpaired) electrons. The van der Waals surface area contributed by atoms with E-state index in [0.29, 0.717) is 17.7 Å². The lowest BCUT2D eigenvalue weighted by Gasteiger charge is -2.16. The normalized spacial score (nSPS) is 17.5. The number of carbonyl (C=O) groups excluding carboxylic acids is 1. The van der Waals surface area contributed by atoms with Crippen LogP contribution in [0, 0.1) is 0 Å². The summed E-state index contributed by atoms with van der Waals surface area (Å²) in [6.07, 6.45) is 4.72. The summed E-state index contributed by atoms with van der Waals surface area (Å²) in [4.78, 5) is 22.2. The standard InChI is InChI=1S/C20H16F2N6O/c1-26(19(29)12-4-5-14-3-2-6-27(14)10-12)17-8-13(17)7-15-9-16(18(21)22)25-20-23-11-24-28(15)20/h2-7,9-11,17-18H,8H2,1H3/b13-7-/t17-/m0/s1. The Morgan fingerprint density at radius 3 is 3.03 bits per heavy atom. The first-order valence-corrected chi connectivity index (χ1v) is 9.04. The first-order valence-electron chi connectivity index (χ1n) is 9.04. The van der Waals surface area contributed by atoms with Gasteiger partial charge in [-0.15, -0.1) is 0 Å². The van der Waals surface area contributed by atoms with Crippen LogP contribution in [0.15, 0.2) is 54.6 Å². The third-order valence-corrected chi connectivity index (χ3v) is 5.11. The highest BCUT2D eigenvalue weighted by molar-refractivity contribution is 5.95. The molecule has 0 spiro atoms.